The highest BCUT2D eigenvalue weighted by atomic mass is 16.5. The van der Waals surface area contributed by atoms with Gasteiger partial charge in [-0.15, -0.1) is 0 Å². The Morgan fingerprint density at radius 1 is 1.05 bits per heavy atom. The van der Waals surface area contributed by atoms with Gasteiger partial charge in [0.25, 0.3) is 0 Å². The van der Waals surface area contributed by atoms with Gasteiger partial charge in [0, 0.05) is 25.7 Å². The van der Waals surface area contributed by atoms with E-state index in [-0.39, 0.29) is 0 Å². The van der Waals surface area contributed by atoms with Gasteiger partial charge in [-0.2, -0.15) is 0 Å². The third kappa shape index (κ3) is 4.05. The molecule has 2 aliphatic heterocycles. The van der Waals surface area contributed by atoms with Crippen molar-refractivity contribution in [2.24, 2.45) is 0 Å². The molecule has 2 heterocycles. The van der Waals surface area contributed by atoms with E-state index in [1.165, 1.54) is 49.9 Å². The summed E-state index contributed by atoms with van der Waals surface area (Å²) in [7, 11) is 0. The summed E-state index contributed by atoms with van der Waals surface area (Å²) in [5.74, 6) is 0. The second-order valence-electron chi connectivity index (χ2n) is 6.09. The average Bonchev–Trinajstić information content (AvgIpc) is 3.01. The van der Waals surface area contributed by atoms with Gasteiger partial charge in [-0.05, 0) is 49.9 Å². The molecule has 0 spiro atoms. The van der Waals surface area contributed by atoms with Crippen molar-refractivity contribution in [1.29, 1.82) is 0 Å². The third-order valence-corrected chi connectivity index (χ3v) is 4.38. The molecule has 2 aliphatic rings. The molecule has 1 aromatic carbocycles. The Labute approximate surface area is 122 Å². The first kappa shape index (κ1) is 14.1. The van der Waals surface area contributed by atoms with E-state index in [2.05, 4.69) is 34.5 Å². The number of nitrogens with one attached hydrogen (secondary N) is 1. The summed E-state index contributed by atoms with van der Waals surface area (Å²) >= 11 is 0. The highest BCUT2D eigenvalue weighted by Crippen LogP contribution is 2.14. The van der Waals surface area contributed by atoms with Crippen LogP contribution in [0, 0.1) is 0 Å². The number of benzene rings is 1. The zero-order valence-corrected chi connectivity index (χ0v) is 12.3. The first-order valence-electron chi connectivity index (χ1n) is 8.01. The molecule has 1 N–H and O–H groups in total. The predicted molar refractivity (Wildman–Crippen MR) is 81.6 cm³/mol. The van der Waals surface area contributed by atoms with Gasteiger partial charge in [0.05, 0.1) is 6.61 Å². The molecular weight excluding hydrogens is 248 g/mol. The van der Waals surface area contributed by atoms with Crippen LogP contribution in [0.4, 0.5) is 0 Å². The van der Waals surface area contributed by atoms with E-state index >= 15 is 0 Å². The Morgan fingerprint density at radius 3 is 2.50 bits per heavy atom. The molecule has 0 bridgehead atoms. The largest absolute Gasteiger partial charge is 0.380 e. The molecule has 110 valence electrons. The topological polar surface area (TPSA) is 24.5 Å². The standard InChI is InChI=1S/C17H26N2O/c1-2-10-19(9-1)13-16-7-5-15(6-8-16)12-18-17-4-3-11-20-14-17/h5-8,17-18H,1-4,9-14H2/t17-/m0/s1. The van der Waals surface area contributed by atoms with Crippen molar-refractivity contribution in [3.63, 3.8) is 0 Å². The molecule has 0 radical (unpaired) electrons. The van der Waals surface area contributed by atoms with Crippen molar-refractivity contribution in [2.45, 2.75) is 44.8 Å². The normalized spacial score (nSPS) is 24.1. The van der Waals surface area contributed by atoms with Gasteiger partial charge >= 0.3 is 0 Å². The van der Waals surface area contributed by atoms with E-state index in [9.17, 15) is 0 Å². The summed E-state index contributed by atoms with van der Waals surface area (Å²) in [5, 5.41) is 3.60. The summed E-state index contributed by atoms with van der Waals surface area (Å²) in [6, 6.07) is 9.64. The molecule has 1 aromatic rings. The summed E-state index contributed by atoms with van der Waals surface area (Å²) in [6.07, 6.45) is 5.16. The Bertz CT molecular complexity index is 392. The van der Waals surface area contributed by atoms with Crippen LogP contribution in [0.25, 0.3) is 0 Å². The van der Waals surface area contributed by atoms with Gasteiger partial charge < -0.3 is 10.1 Å². The van der Waals surface area contributed by atoms with Gasteiger partial charge in [0.15, 0.2) is 0 Å². The van der Waals surface area contributed by atoms with Crippen LogP contribution >= 0.6 is 0 Å². The molecule has 0 aromatic heterocycles. The number of likely N-dealkylation sites (tertiary alicyclic amines) is 1. The van der Waals surface area contributed by atoms with E-state index < -0.39 is 0 Å². The molecule has 1 atom stereocenters. The zero-order valence-electron chi connectivity index (χ0n) is 12.3. The van der Waals surface area contributed by atoms with Gasteiger partial charge in [0.2, 0.25) is 0 Å². The van der Waals surface area contributed by atoms with Crippen molar-refractivity contribution in [2.75, 3.05) is 26.3 Å². The summed E-state index contributed by atoms with van der Waals surface area (Å²) in [4.78, 5) is 2.55. The Kier molecular flexibility index (Phi) is 5.06. The SMILES string of the molecule is c1cc(CN2CCCC2)ccc1CN[C@H]1CCCOC1. The fraction of sp³-hybridized carbons (Fsp3) is 0.647. The quantitative estimate of drug-likeness (QED) is 0.893. The maximum atomic E-state index is 5.50. The highest BCUT2D eigenvalue weighted by Gasteiger charge is 2.13. The molecule has 2 fully saturated rings. The lowest BCUT2D eigenvalue weighted by Crippen LogP contribution is -2.36. The molecule has 3 nitrogen and oxygen atoms in total. The van der Waals surface area contributed by atoms with Gasteiger partial charge in [-0.3, -0.25) is 4.90 Å². The van der Waals surface area contributed by atoms with Gasteiger partial charge in [-0.1, -0.05) is 24.3 Å². The maximum Gasteiger partial charge on any atom is 0.0619 e. The van der Waals surface area contributed by atoms with Crippen LogP contribution in [-0.2, 0) is 17.8 Å². The van der Waals surface area contributed by atoms with Crippen LogP contribution in [0.1, 0.15) is 36.8 Å². The average molecular weight is 274 g/mol. The number of hydrogen-bond donors (Lipinski definition) is 1. The highest BCUT2D eigenvalue weighted by molar-refractivity contribution is 5.22. The van der Waals surface area contributed by atoms with Crippen LogP contribution in [0.3, 0.4) is 0 Å². The number of ether oxygens (including phenoxy) is 1. The minimum absolute atomic E-state index is 0.535. The Balaban J connectivity index is 1.45. The van der Waals surface area contributed by atoms with Crippen molar-refractivity contribution in [3.05, 3.63) is 35.4 Å². The number of rotatable bonds is 5. The van der Waals surface area contributed by atoms with Crippen LogP contribution in [-0.4, -0.2) is 37.2 Å². The molecule has 20 heavy (non-hydrogen) atoms. The number of nitrogens with zero attached hydrogens (tertiary/aromatic N) is 1. The van der Waals surface area contributed by atoms with Crippen LogP contribution in [0.2, 0.25) is 0 Å². The van der Waals surface area contributed by atoms with Gasteiger partial charge in [-0.25, -0.2) is 0 Å². The minimum Gasteiger partial charge on any atom is -0.380 e. The van der Waals surface area contributed by atoms with Gasteiger partial charge in [0.1, 0.15) is 0 Å². The first-order valence-corrected chi connectivity index (χ1v) is 8.01. The lowest BCUT2D eigenvalue weighted by Gasteiger charge is -2.23. The fourth-order valence-corrected chi connectivity index (χ4v) is 3.13. The molecule has 0 amide bonds. The molecule has 0 saturated carbocycles. The van der Waals surface area contributed by atoms with Crippen LogP contribution < -0.4 is 5.32 Å². The van der Waals surface area contributed by atoms with Crippen LogP contribution in [0.5, 0.6) is 0 Å². The van der Waals surface area contributed by atoms with Crippen molar-refractivity contribution >= 4 is 0 Å². The molecule has 0 unspecified atom stereocenters. The van der Waals surface area contributed by atoms with Crippen molar-refractivity contribution in [1.82, 2.24) is 10.2 Å². The predicted octanol–water partition coefficient (Wildman–Crippen LogP) is 2.55. The Morgan fingerprint density at radius 2 is 1.80 bits per heavy atom. The smallest absolute Gasteiger partial charge is 0.0619 e. The van der Waals surface area contributed by atoms with E-state index in [0.29, 0.717) is 6.04 Å². The molecular formula is C17H26N2O. The van der Waals surface area contributed by atoms with E-state index in [4.69, 9.17) is 4.74 Å². The lowest BCUT2D eigenvalue weighted by molar-refractivity contribution is 0.0699. The zero-order chi connectivity index (χ0) is 13.6. The van der Waals surface area contributed by atoms with Crippen molar-refractivity contribution in [3.8, 4) is 0 Å². The minimum atomic E-state index is 0.535. The Hall–Kier alpha value is -0.900. The molecule has 3 rings (SSSR count). The summed E-state index contributed by atoms with van der Waals surface area (Å²) in [6.45, 7) is 6.41. The second kappa shape index (κ2) is 7.21. The fourth-order valence-electron chi connectivity index (χ4n) is 3.13. The first-order chi connectivity index (χ1) is 9.90. The molecule has 2 saturated heterocycles. The summed E-state index contributed by atoms with van der Waals surface area (Å²) in [5.41, 5.74) is 2.82. The van der Waals surface area contributed by atoms with Crippen LogP contribution in [0.15, 0.2) is 24.3 Å². The number of hydrogen-bond acceptors (Lipinski definition) is 3. The molecule has 3 heteroatoms. The maximum absolute atomic E-state index is 5.50. The van der Waals surface area contributed by atoms with E-state index in [1.807, 2.05) is 0 Å². The summed E-state index contributed by atoms with van der Waals surface area (Å²) < 4.78 is 5.50. The second-order valence-corrected chi connectivity index (χ2v) is 6.09. The lowest BCUT2D eigenvalue weighted by atomic mass is 10.1. The van der Waals surface area contributed by atoms with E-state index in [0.717, 1.165) is 26.3 Å². The van der Waals surface area contributed by atoms with Crippen molar-refractivity contribution < 1.29 is 4.74 Å². The molecule has 0 aliphatic carbocycles. The monoisotopic (exact) mass is 274 g/mol. The van der Waals surface area contributed by atoms with E-state index in [1.54, 1.807) is 0 Å². The third-order valence-electron chi connectivity index (χ3n) is 4.38.